The number of nitrogens with one attached hydrogen (secondary N) is 1. The quantitative estimate of drug-likeness (QED) is 0.736. The standard InChI is InChI=1S/C15H30N2O/c1-13-6-10-17(11-7-13)9-3-8-16-12-15-5-4-14(2)18-15/h13-16H,3-12H2,1-2H3. The predicted octanol–water partition coefficient (Wildman–Crippen LogP) is 2.27. The van der Waals surface area contributed by atoms with Crippen molar-refractivity contribution in [3.8, 4) is 0 Å². The first-order valence-electron chi connectivity index (χ1n) is 7.82. The Morgan fingerprint density at radius 3 is 2.56 bits per heavy atom. The largest absolute Gasteiger partial charge is 0.374 e. The highest BCUT2D eigenvalue weighted by Crippen LogP contribution is 2.18. The van der Waals surface area contributed by atoms with E-state index in [4.69, 9.17) is 4.74 Å². The molecule has 0 aromatic rings. The number of hydrogen-bond donors (Lipinski definition) is 1. The molecule has 106 valence electrons. The van der Waals surface area contributed by atoms with Gasteiger partial charge in [-0.05, 0) is 71.1 Å². The van der Waals surface area contributed by atoms with Gasteiger partial charge in [0, 0.05) is 6.54 Å². The molecular weight excluding hydrogens is 224 g/mol. The molecule has 0 bridgehead atoms. The van der Waals surface area contributed by atoms with Crippen LogP contribution in [0.5, 0.6) is 0 Å². The third-order valence-corrected chi connectivity index (χ3v) is 4.40. The van der Waals surface area contributed by atoms with Crippen molar-refractivity contribution in [3.05, 3.63) is 0 Å². The maximum atomic E-state index is 5.80. The molecule has 2 atom stereocenters. The summed E-state index contributed by atoms with van der Waals surface area (Å²) in [7, 11) is 0. The molecule has 2 rings (SSSR count). The molecule has 2 aliphatic heterocycles. The predicted molar refractivity (Wildman–Crippen MR) is 75.9 cm³/mol. The van der Waals surface area contributed by atoms with Crippen molar-refractivity contribution in [3.63, 3.8) is 0 Å². The van der Waals surface area contributed by atoms with Gasteiger partial charge in [-0.3, -0.25) is 0 Å². The molecule has 0 aromatic carbocycles. The van der Waals surface area contributed by atoms with E-state index in [1.165, 1.54) is 51.7 Å². The number of likely N-dealkylation sites (tertiary alicyclic amines) is 1. The molecule has 0 spiro atoms. The summed E-state index contributed by atoms with van der Waals surface area (Å²) in [5.41, 5.74) is 0. The van der Waals surface area contributed by atoms with Crippen molar-refractivity contribution in [1.29, 1.82) is 0 Å². The number of piperidine rings is 1. The summed E-state index contributed by atoms with van der Waals surface area (Å²) in [6, 6.07) is 0. The smallest absolute Gasteiger partial charge is 0.0704 e. The van der Waals surface area contributed by atoms with Crippen molar-refractivity contribution >= 4 is 0 Å². The van der Waals surface area contributed by atoms with Crippen LogP contribution in [0.1, 0.15) is 46.0 Å². The topological polar surface area (TPSA) is 24.5 Å². The van der Waals surface area contributed by atoms with Crippen LogP contribution in [0.3, 0.4) is 0 Å². The normalized spacial score (nSPS) is 31.0. The number of nitrogens with zero attached hydrogens (tertiary/aromatic N) is 1. The molecule has 2 fully saturated rings. The van der Waals surface area contributed by atoms with E-state index in [0.29, 0.717) is 12.2 Å². The van der Waals surface area contributed by atoms with Crippen LogP contribution in [0.15, 0.2) is 0 Å². The minimum absolute atomic E-state index is 0.468. The molecular formula is C15H30N2O. The third kappa shape index (κ3) is 4.87. The monoisotopic (exact) mass is 254 g/mol. The lowest BCUT2D eigenvalue weighted by atomic mass is 9.99. The summed E-state index contributed by atoms with van der Waals surface area (Å²) in [6.45, 7) is 10.6. The van der Waals surface area contributed by atoms with Gasteiger partial charge in [0.15, 0.2) is 0 Å². The molecule has 0 aliphatic carbocycles. The van der Waals surface area contributed by atoms with Crippen LogP contribution in [0.2, 0.25) is 0 Å². The zero-order chi connectivity index (χ0) is 12.8. The van der Waals surface area contributed by atoms with Crippen LogP contribution in [-0.2, 0) is 4.74 Å². The average molecular weight is 254 g/mol. The van der Waals surface area contributed by atoms with Crippen molar-refractivity contribution in [1.82, 2.24) is 10.2 Å². The van der Waals surface area contributed by atoms with Gasteiger partial charge in [-0.15, -0.1) is 0 Å². The van der Waals surface area contributed by atoms with Crippen LogP contribution in [-0.4, -0.2) is 49.8 Å². The second-order valence-corrected chi connectivity index (χ2v) is 6.23. The Bertz CT molecular complexity index is 227. The average Bonchev–Trinajstić information content (AvgIpc) is 2.77. The second kappa shape index (κ2) is 7.46. The number of hydrogen-bond acceptors (Lipinski definition) is 3. The fourth-order valence-corrected chi connectivity index (χ4v) is 3.01. The molecule has 2 saturated heterocycles. The number of rotatable bonds is 6. The van der Waals surface area contributed by atoms with Crippen LogP contribution < -0.4 is 5.32 Å². The first-order valence-corrected chi connectivity index (χ1v) is 7.82. The molecule has 0 amide bonds. The molecule has 2 unspecified atom stereocenters. The van der Waals surface area contributed by atoms with E-state index in [1.54, 1.807) is 0 Å². The first-order chi connectivity index (χ1) is 8.74. The van der Waals surface area contributed by atoms with Gasteiger partial charge in [0.25, 0.3) is 0 Å². The van der Waals surface area contributed by atoms with E-state index in [1.807, 2.05) is 0 Å². The summed E-state index contributed by atoms with van der Waals surface area (Å²) in [4.78, 5) is 2.62. The Kier molecular flexibility index (Phi) is 5.93. The summed E-state index contributed by atoms with van der Waals surface area (Å²) in [6.07, 6.45) is 7.47. The Morgan fingerprint density at radius 1 is 1.11 bits per heavy atom. The van der Waals surface area contributed by atoms with Gasteiger partial charge in [0.2, 0.25) is 0 Å². The highest BCUT2D eigenvalue weighted by molar-refractivity contribution is 4.73. The van der Waals surface area contributed by atoms with Crippen LogP contribution in [0.25, 0.3) is 0 Å². The summed E-state index contributed by atoms with van der Waals surface area (Å²) >= 11 is 0. The molecule has 0 radical (unpaired) electrons. The molecule has 18 heavy (non-hydrogen) atoms. The Hall–Kier alpha value is -0.120. The van der Waals surface area contributed by atoms with Crippen LogP contribution in [0, 0.1) is 5.92 Å². The maximum absolute atomic E-state index is 5.80. The van der Waals surface area contributed by atoms with Crippen molar-refractivity contribution < 1.29 is 4.74 Å². The number of ether oxygens (including phenoxy) is 1. The lowest BCUT2D eigenvalue weighted by molar-refractivity contribution is 0.0559. The van der Waals surface area contributed by atoms with Crippen molar-refractivity contribution in [2.75, 3.05) is 32.7 Å². The maximum Gasteiger partial charge on any atom is 0.0704 e. The summed E-state index contributed by atoms with van der Waals surface area (Å²) < 4.78 is 5.80. The van der Waals surface area contributed by atoms with E-state index in [9.17, 15) is 0 Å². The molecule has 1 N–H and O–H groups in total. The zero-order valence-corrected chi connectivity index (χ0v) is 12.2. The molecule has 3 nitrogen and oxygen atoms in total. The van der Waals surface area contributed by atoms with Gasteiger partial charge in [-0.2, -0.15) is 0 Å². The third-order valence-electron chi connectivity index (χ3n) is 4.40. The fourth-order valence-electron chi connectivity index (χ4n) is 3.01. The van der Waals surface area contributed by atoms with Crippen LogP contribution >= 0.6 is 0 Å². The molecule has 3 heteroatoms. The van der Waals surface area contributed by atoms with Gasteiger partial charge < -0.3 is 15.0 Å². The van der Waals surface area contributed by atoms with Crippen molar-refractivity contribution in [2.24, 2.45) is 5.92 Å². The van der Waals surface area contributed by atoms with E-state index in [0.717, 1.165) is 19.0 Å². The SMILES string of the molecule is CC1CCN(CCCNCC2CCC(C)O2)CC1. The van der Waals surface area contributed by atoms with Gasteiger partial charge in [0.05, 0.1) is 12.2 Å². The van der Waals surface area contributed by atoms with E-state index in [2.05, 4.69) is 24.1 Å². The summed E-state index contributed by atoms with van der Waals surface area (Å²) in [5, 5.41) is 3.54. The lowest BCUT2D eigenvalue weighted by Crippen LogP contribution is -2.35. The zero-order valence-electron chi connectivity index (χ0n) is 12.2. The lowest BCUT2D eigenvalue weighted by Gasteiger charge is -2.30. The highest BCUT2D eigenvalue weighted by atomic mass is 16.5. The van der Waals surface area contributed by atoms with Gasteiger partial charge >= 0.3 is 0 Å². The Labute approximate surface area is 112 Å². The minimum atomic E-state index is 0.468. The van der Waals surface area contributed by atoms with Crippen molar-refractivity contribution in [2.45, 2.75) is 58.2 Å². The summed E-state index contributed by atoms with van der Waals surface area (Å²) in [5.74, 6) is 0.945. The minimum Gasteiger partial charge on any atom is -0.374 e. The molecule has 2 heterocycles. The highest BCUT2D eigenvalue weighted by Gasteiger charge is 2.21. The second-order valence-electron chi connectivity index (χ2n) is 6.23. The molecule has 0 saturated carbocycles. The first kappa shape index (κ1) is 14.3. The molecule has 2 aliphatic rings. The Morgan fingerprint density at radius 2 is 1.89 bits per heavy atom. The Balaban J connectivity index is 1.44. The van der Waals surface area contributed by atoms with E-state index < -0.39 is 0 Å². The van der Waals surface area contributed by atoms with E-state index in [-0.39, 0.29) is 0 Å². The van der Waals surface area contributed by atoms with Gasteiger partial charge in [0.1, 0.15) is 0 Å². The fraction of sp³-hybridized carbons (Fsp3) is 1.00. The van der Waals surface area contributed by atoms with Gasteiger partial charge in [-0.1, -0.05) is 6.92 Å². The molecule has 0 aromatic heterocycles. The van der Waals surface area contributed by atoms with E-state index >= 15 is 0 Å². The van der Waals surface area contributed by atoms with Gasteiger partial charge in [-0.25, -0.2) is 0 Å². The van der Waals surface area contributed by atoms with Crippen LogP contribution in [0.4, 0.5) is 0 Å².